The Bertz CT molecular complexity index is 1000. The van der Waals surface area contributed by atoms with Crippen molar-refractivity contribution < 1.29 is 14.3 Å². The first-order valence-corrected chi connectivity index (χ1v) is 9.14. The number of hydrogen-bond donors (Lipinski definition) is 1. The maximum atomic E-state index is 11.9. The van der Waals surface area contributed by atoms with Gasteiger partial charge in [0.1, 0.15) is 0 Å². The van der Waals surface area contributed by atoms with Crippen LogP contribution in [0.2, 0.25) is 0 Å². The molecule has 0 radical (unpaired) electrons. The standard InChI is InChI=1S/C20H19N3O3S/c1-13-10-16(12-21-22-19(24)18-8-5-9-27-18)14(2)23(13)17-7-4-6-15(11-17)20(25)26-3/h4-12H,1-3H3,(H,22,24)/b21-12-. The van der Waals surface area contributed by atoms with Gasteiger partial charge < -0.3 is 9.30 Å². The monoisotopic (exact) mass is 381 g/mol. The van der Waals surface area contributed by atoms with Crippen LogP contribution in [0.1, 0.15) is 37.0 Å². The Morgan fingerprint density at radius 3 is 2.70 bits per heavy atom. The predicted molar refractivity (Wildman–Crippen MR) is 106 cm³/mol. The Labute approximate surface area is 161 Å². The lowest BCUT2D eigenvalue weighted by atomic mass is 10.2. The molecule has 0 aliphatic rings. The molecule has 2 aromatic heterocycles. The number of nitrogens with one attached hydrogen (secondary N) is 1. The summed E-state index contributed by atoms with van der Waals surface area (Å²) in [6.07, 6.45) is 1.62. The molecule has 0 saturated carbocycles. The van der Waals surface area contributed by atoms with Crippen molar-refractivity contribution in [2.45, 2.75) is 13.8 Å². The summed E-state index contributed by atoms with van der Waals surface area (Å²) in [5.74, 6) is -0.613. The summed E-state index contributed by atoms with van der Waals surface area (Å²) in [7, 11) is 1.36. The van der Waals surface area contributed by atoms with Gasteiger partial charge in [0.25, 0.3) is 5.91 Å². The maximum Gasteiger partial charge on any atom is 0.337 e. The SMILES string of the molecule is COC(=O)c1cccc(-n2c(C)cc(/C=N\NC(=O)c3cccs3)c2C)c1. The van der Waals surface area contributed by atoms with Crippen molar-refractivity contribution in [1.82, 2.24) is 9.99 Å². The highest BCUT2D eigenvalue weighted by molar-refractivity contribution is 7.12. The Hall–Kier alpha value is -3.19. The Morgan fingerprint density at radius 1 is 1.19 bits per heavy atom. The van der Waals surface area contributed by atoms with Crippen molar-refractivity contribution in [3.05, 3.63) is 75.2 Å². The number of aryl methyl sites for hydroxylation is 1. The van der Waals surface area contributed by atoms with Crippen LogP contribution in [0.3, 0.4) is 0 Å². The first kappa shape index (κ1) is 18.6. The number of methoxy groups -OCH3 is 1. The zero-order valence-corrected chi connectivity index (χ0v) is 16.0. The molecule has 3 aromatic rings. The number of amides is 1. The van der Waals surface area contributed by atoms with Gasteiger partial charge in [0, 0.05) is 22.6 Å². The third-order valence-corrected chi connectivity index (χ3v) is 4.98. The molecular weight excluding hydrogens is 362 g/mol. The number of thiophene rings is 1. The summed E-state index contributed by atoms with van der Waals surface area (Å²) >= 11 is 1.36. The van der Waals surface area contributed by atoms with Crippen LogP contribution in [0.25, 0.3) is 5.69 Å². The summed E-state index contributed by atoms with van der Waals surface area (Å²) in [6, 6.07) is 12.8. The van der Waals surface area contributed by atoms with Crippen molar-refractivity contribution in [2.75, 3.05) is 7.11 Å². The topological polar surface area (TPSA) is 72.7 Å². The molecular formula is C20H19N3O3S. The van der Waals surface area contributed by atoms with E-state index >= 15 is 0 Å². The minimum Gasteiger partial charge on any atom is -0.465 e. The van der Waals surface area contributed by atoms with E-state index in [9.17, 15) is 9.59 Å². The van der Waals surface area contributed by atoms with Gasteiger partial charge in [-0.15, -0.1) is 11.3 Å². The molecule has 1 aromatic carbocycles. The molecule has 0 aliphatic carbocycles. The first-order valence-electron chi connectivity index (χ1n) is 8.26. The van der Waals surface area contributed by atoms with Gasteiger partial charge in [0.15, 0.2) is 0 Å². The van der Waals surface area contributed by atoms with Crippen molar-refractivity contribution in [3.63, 3.8) is 0 Å². The molecule has 27 heavy (non-hydrogen) atoms. The van der Waals surface area contributed by atoms with Gasteiger partial charge in [-0.3, -0.25) is 4.79 Å². The molecule has 0 bridgehead atoms. The molecule has 0 aliphatic heterocycles. The highest BCUT2D eigenvalue weighted by Crippen LogP contribution is 2.21. The number of carbonyl (C=O) groups excluding carboxylic acids is 2. The van der Waals surface area contributed by atoms with Gasteiger partial charge in [0.2, 0.25) is 0 Å². The fourth-order valence-corrected chi connectivity index (χ4v) is 3.44. The number of esters is 1. The average Bonchev–Trinajstić information content (AvgIpc) is 3.30. The quantitative estimate of drug-likeness (QED) is 0.416. The number of hydrogen-bond acceptors (Lipinski definition) is 5. The van der Waals surface area contributed by atoms with E-state index in [4.69, 9.17) is 4.74 Å². The molecule has 1 N–H and O–H groups in total. The van der Waals surface area contributed by atoms with Gasteiger partial charge in [-0.2, -0.15) is 5.10 Å². The van der Waals surface area contributed by atoms with E-state index in [0.29, 0.717) is 10.4 Å². The van der Waals surface area contributed by atoms with Gasteiger partial charge in [-0.25, -0.2) is 10.2 Å². The second-order valence-corrected chi connectivity index (χ2v) is 6.83. The number of ether oxygens (including phenoxy) is 1. The van der Waals surface area contributed by atoms with E-state index < -0.39 is 0 Å². The molecule has 6 nitrogen and oxygen atoms in total. The lowest BCUT2D eigenvalue weighted by Gasteiger charge is -2.10. The largest absolute Gasteiger partial charge is 0.465 e. The van der Waals surface area contributed by atoms with Gasteiger partial charge in [-0.05, 0) is 49.6 Å². The highest BCUT2D eigenvalue weighted by Gasteiger charge is 2.12. The smallest absolute Gasteiger partial charge is 0.337 e. The molecule has 7 heteroatoms. The number of nitrogens with zero attached hydrogens (tertiary/aromatic N) is 2. The molecule has 0 atom stereocenters. The Morgan fingerprint density at radius 2 is 2.00 bits per heavy atom. The summed E-state index contributed by atoms with van der Waals surface area (Å²) in [4.78, 5) is 24.3. The first-order chi connectivity index (χ1) is 13.0. The van der Waals surface area contributed by atoms with Crippen LogP contribution in [0.4, 0.5) is 0 Å². The van der Waals surface area contributed by atoms with Crippen LogP contribution in [-0.4, -0.2) is 29.8 Å². The van der Waals surface area contributed by atoms with Crippen molar-refractivity contribution in [2.24, 2.45) is 5.10 Å². The van der Waals surface area contributed by atoms with Crippen molar-refractivity contribution in [1.29, 1.82) is 0 Å². The zero-order chi connectivity index (χ0) is 19.4. The van der Waals surface area contributed by atoms with Crippen LogP contribution < -0.4 is 5.43 Å². The van der Waals surface area contributed by atoms with Crippen molar-refractivity contribution >= 4 is 29.4 Å². The number of benzene rings is 1. The minimum absolute atomic E-state index is 0.235. The van der Waals surface area contributed by atoms with Crippen LogP contribution >= 0.6 is 11.3 Å². The number of rotatable bonds is 5. The zero-order valence-electron chi connectivity index (χ0n) is 15.2. The molecule has 3 rings (SSSR count). The molecule has 138 valence electrons. The number of aromatic nitrogens is 1. The third kappa shape index (κ3) is 3.98. The Balaban J connectivity index is 1.84. The van der Waals surface area contributed by atoms with E-state index in [0.717, 1.165) is 22.6 Å². The molecule has 0 fully saturated rings. The van der Waals surface area contributed by atoms with Crippen LogP contribution in [0.15, 0.2) is 52.9 Å². The molecule has 1 amide bonds. The normalized spacial score (nSPS) is 10.9. The van der Waals surface area contributed by atoms with Crippen LogP contribution in [0.5, 0.6) is 0 Å². The Kier molecular flexibility index (Phi) is 5.52. The van der Waals surface area contributed by atoms with Gasteiger partial charge >= 0.3 is 5.97 Å². The van der Waals surface area contributed by atoms with E-state index in [1.54, 1.807) is 24.4 Å². The second kappa shape index (κ2) is 8.01. The molecule has 2 heterocycles. The summed E-state index contributed by atoms with van der Waals surface area (Å²) < 4.78 is 6.81. The van der Waals surface area contributed by atoms with Crippen LogP contribution in [0, 0.1) is 13.8 Å². The average molecular weight is 381 g/mol. The summed E-state index contributed by atoms with van der Waals surface area (Å²) in [5, 5.41) is 5.90. The number of carbonyl (C=O) groups is 2. The van der Waals surface area contributed by atoms with E-state index in [-0.39, 0.29) is 11.9 Å². The van der Waals surface area contributed by atoms with E-state index in [1.165, 1.54) is 18.4 Å². The predicted octanol–water partition coefficient (Wildman–Crippen LogP) is 3.71. The minimum atomic E-state index is -0.377. The van der Waals surface area contributed by atoms with E-state index in [2.05, 4.69) is 10.5 Å². The molecule has 0 saturated heterocycles. The third-order valence-electron chi connectivity index (χ3n) is 4.11. The molecule has 0 spiro atoms. The lowest BCUT2D eigenvalue weighted by Crippen LogP contribution is -2.16. The number of hydrazone groups is 1. The second-order valence-electron chi connectivity index (χ2n) is 5.88. The van der Waals surface area contributed by atoms with Crippen LogP contribution in [-0.2, 0) is 4.74 Å². The lowest BCUT2D eigenvalue weighted by molar-refractivity contribution is 0.0600. The fraction of sp³-hybridized carbons (Fsp3) is 0.150. The molecule has 0 unspecified atom stereocenters. The summed E-state index contributed by atoms with van der Waals surface area (Å²) in [5.41, 5.74) is 6.69. The van der Waals surface area contributed by atoms with Gasteiger partial charge in [0.05, 0.1) is 23.8 Å². The van der Waals surface area contributed by atoms with Crippen molar-refractivity contribution in [3.8, 4) is 5.69 Å². The van der Waals surface area contributed by atoms with E-state index in [1.807, 2.05) is 48.1 Å². The summed E-state index contributed by atoms with van der Waals surface area (Å²) in [6.45, 7) is 3.93. The highest BCUT2D eigenvalue weighted by atomic mass is 32.1. The van der Waals surface area contributed by atoms with Gasteiger partial charge in [-0.1, -0.05) is 12.1 Å². The maximum absolute atomic E-state index is 11.9. The fourth-order valence-electron chi connectivity index (χ4n) is 2.83.